The van der Waals surface area contributed by atoms with Crippen molar-refractivity contribution in [2.45, 2.75) is 32.0 Å². The second kappa shape index (κ2) is 5.46. The highest BCUT2D eigenvalue weighted by molar-refractivity contribution is 5.78. The van der Waals surface area contributed by atoms with Gasteiger partial charge in [0.25, 0.3) is 0 Å². The van der Waals surface area contributed by atoms with E-state index in [0.717, 1.165) is 18.6 Å². The zero-order valence-corrected chi connectivity index (χ0v) is 11.7. The Balaban J connectivity index is 2.30. The van der Waals surface area contributed by atoms with Crippen LogP contribution in [0.5, 0.6) is 0 Å². The van der Waals surface area contributed by atoms with E-state index >= 15 is 0 Å². The van der Waals surface area contributed by atoms with Crippen molar-refractivity contribution in [3.8, 4) is 0 Å². The first-order chi connectivity index (χ1) is 9.70. The Morgan fingerprint density at radius 1 is 1.33 bits per heavy atom. The average molecular weight is 301 g/mol. The molecule has 116 valence electrons. The van der Waals surface area contributed by atoms with Gasteiger partial charge in [-0.05, 0) is 38.0 Å². The number of carbonyl (C=O) groups excluding carboxylic acids is 1. The maximum Gasteiger partial charge on any atom is 0.416 e. The van der Waals surface area contributed by atoms with Crippen molar-refractivity contribution in [2.75, 3.05) is 17.2 Å². The van der Waals surface area contributed by atoms with Crippen LogP contribution < -0.4 is 16.4 Å². The molecule has 0 aromatic heterocycles. The first-order valence-electron chi connectivity index (χ1n) is 6.73. The molecule has 1 saturated heterocycles. The van der Waals surface area contributed by atoms with Gasteiger partial charge in [0.1, 0.15) is 0 Å². The van der Waals surface area contributed by atoms with Crippen molar-refractivity contribution in [1.29, 1.82) is 0 Å². The van der Waals surface area contributed by atoms with Gasteiger partial charge in [0.15, 0.2) is 0 Å². The zero-order chi connectivity index (χ0) is 15.8. The Labute approximate surface area is 120 Å². The third kappa shape index (κ3) is 3.22. The quantitative estimate of drug-likeness (QED) is 0.824. The molecule has 2 unspecified atom stereocenters. The van der Waals surface area contributed by atoms with Crippen LogP contribution in [0.25, 0.3) is 0 Å². The molecule has 2 atom stereocenters. The van der Waals surface area contributed by atoms with Crippen molar-refractivity contribution >= 4 is 17.3 Å². The van der Waals surface area contributed by atoms with Gasteiger partial charge in [-0.3, -0.25) is 4.79 Å². The fraction of sp³-hybridized carbons (Fsp3) is 0.500. The summed E-state index contributed by atoms with van der Waals surface area (Å²) in [7, 11) is 0. The van der Waals surface area contributed by atoms with Crippen LogP contribution in [0.3, 0.4) is 0 Å². The SMILES string of the molecule is CC1CCC(C(N)=O)CN1c1ccc(C(F)(F)F)cc1N. The normalized spacial score (nSPS) is 23.1. The minimum Gasteiger partial charge on any atom is -0.397 e. The molecule has 4 nitrogen and oxygen atoms in total. The topological polar surface area (TPSA) is 72.4 Å². The van der Waals surface area contributed by atoms with E-state index in [1.165, 1.54) is 6.07 Å². The average Bonchev–Trinajstić information content (AvgIpc) is 2.38. The molecule has 0 bridgehead atoms. The zero-order valence-electron chi connectivity index (χ0n) is 11.7. The van der Waals surface area contributed by atoms with Crippen LogP contribution in [0.1, 0.15) is 25.3 Å². The molecule has 0 aliphatic carbocycles. The molecule has 1 amide bonds. The number of anilines is 2. The Morgan fingerprint density at radius 2 is 2.00 bits per heavy atom. The lowest BCUT2D eigenvalue weighted by atomic mass is 9.92. The van der Waals surface area contributed by atoms with Crippen LogP contribution in [0.4, 0.5) is 24.5 Å². The van der Waals surface area contributed by atoms with Gasteiger partial charge in [-0.25, -0.2) is 0 Å². The summed E-state index contributed by atoms with van der Waals surface area (Å²) in [5.74, 6) is -0.694. The smallest absolute Gasteiger partial charge is 0.397 e. The van der Waals surface area contributed by atoms with Gasteiger partial charge in [0.05, 0.1) is 22.9 Å². The first kappa shape index (κ1) is 15.5. The van der Waals surface area contributed by atoms with Gasteiger partial charge in [0, 0.05) is 12.6 Å². The van der Waals surface area contributed by atoms with Gasteiger partial charge in [-0.2, -0.15) is 13.2 Å². The fourth-order valence-electron chi connectivity index (χ4n) is 2.67. The number of amides is 1. The predicted octanol–water partition coefficient (Wildman–Crippen LogP) is 2.38. The van der Waals surface area contributed by atoms with Gasteiger partial charge in [-0.15, -0.1) is 0 Å². The van der Waals surface area contributed by atoms with Gasteiger partial charge >= 0.3 is 6.18 Å². The Bertz CT molecular complexity index is 545. The monoisotopic (exact) mass is 301 g/mol. The molecule has 1 heterocycles. The maximum atomic E-state index is 12.7. The van der Waals surface area contributed by atoms with Gasteiger partial charge in [-0.1, -0.05) is 0 Å². The van der Waals surface area contributed by atoms with Crippen LogP contribution in [0, 0.1) is 5.92 Å². The van der Waals surface area contributed by atoms with Crippen LogP contribution in [0.15, 0.2) is 18.2 Å². The molecule has 1 aliphatic heterocycles. The minimum atomic E-state index is -4.42. The molecule has 1 fully saturated rings. The van der Waals surface area contributed by atoms with Crippen LogP contribution in [0.2, 0.25) is 0 Å². The summed E-state index contributed by atoms with van der Waals surface area (Å²) in [6.07, 6.45) is -2.99. The molecule has 0 radical (unpaired) electrons. The number of nitrogens with zero attached hydrogens (tertiary/aromatic N) is 1. The number of primary amides is 1. The third-order valence-corrected chi connectivity index (χ3v) is 3.95. The molecular formula is C14H18F3N3O. The highest BCUT2D eigenvalue weighted by atomic mass is 19.4. The molecule has 1 aliphatic rings. The molecule has 21 heavy (non-hydrogen) atoms. The lowest BCUT2D eigenvalue weighted by molar-refractivity contribution is -0.137. The summed E-state index contributed by atoms with van der Waals surface area (Å²) >= 11 is 0. The molecule has 2 rings (SSSR count). The largest absolute Gasteiger partial charge is 0.416 e. The molecule has 0 saturated carbocycles. The molecule has 7 heteroatoms. The molecular weight excluding hydrogens is 283 g/mol. The summed E-state index contributed by atoms with van der Waals surface area (Å²) in [5.41, 5.74) is 10.9. The Hall–Kier alpha value is -1.92. The van der Waals surface area contributed by atoms with Crippen molar-refractivity contribution in [3.63, 3.8) is 0 Å². The van der Waals surface area contributed by atoms with Crippen molar-refractivity contribution in [3.05, 3.63) is 23.8 Å². The number of halogens is 3. The second-order valence-corrected chi connectivity index (χ2v) is 5.45. The van der Waals surface area contributed by atoms with Crippen molar-refractivity contribution in [2.24, 2.45) is 11.7 Å². The number of nitrogens with two attached hydrogens (primary N) is 2. The van der Waals surface area contributed by atoms with E-state index in [2.05, 4.69) is 0 Å². The van der Waals surface area contributed by atoms with Crippen LogP contribution >= 0.6 is 0 Å². The predicted molar refractivity (Wildman–Crippen MR) is 74.6 cm³/mol. The number of benzene rings is 1. The molecule has 0 spiro atoms. The van der Waals surface area contributed by atoms with E-state index in [0.29, 0.717) is 18.7 Å². The van der Waals surface area contributed by atoms with E-state index in [1.54, 1.807) is 0 Å². The van der Waals surface area contributed by atoms with Crippen LogP contribution in [-0.2, 0) is 11.0 Å². The van der Waals surface area contributed by atoms with Crippen molar-refractivity contribution < 1.29 is 18.0 Å². The lowest BCUT2D eigenvalue weighted by Crippen LogP contribution is -2.46. The number of rotatable bonds is 2. The highest BCUT2D eigenvalue weighted by Crippen LogP contribution is 2.36. The summed E-state index contributed by atoms with van der Waals surface area (Å²) in [4.78, 5) is 13.2. The lowest BCUT2D eigenvalue weighted by Gasteiger charge is -2.39. The standard InChI is InChI=1S/C14H18F3N3O/c1-8-2-3-9(13(19)21)7-20(8)12-5-4-10(6-11(12)18)14(15,16)17/h4-6,8-9H,2-3,7,18H2,1H3,(H2,19,21). The van der Waals surface area contributed by atoms with E-state index in [9.17, 15) is 18.0 Å². The van der Waals surface area contributed by atoms with E-state index in [1.807, 2.05) is 11.8 Å². The third-order valence-electron chi connectivity index (χ3n) is 3.95. The Morgan fingerprint density at radius 3 is 2.52 bits per heavy atom. The number of carbonyl (C=O) groups is 1. The highest BCUT2D eigenvalue weighted by Gasteiger charge is 2.33. The summed E-state index contributed by atoms with van der Waals surface area (Å²) < 4.78 is 38.0. The molecule has 1 aromatic rings. The van der Waals surface area contributed by atoms with E-state index in [-0.39, 0.29) is 17.6 Å². The van der Waals surface area contributed by atoms with Gasteiger partial charge < -0.3 is 16.4 Å². The number of nitrogen functional groups attached to an aromatic ring is 1. The van der Waals surface area contributed by atoms with Crippen LogP contribution in [-0.4, -0.2) is 18.5 Å². The molecule has 1 aromatic carbocycles. The fourth-order valence-corrected chi connectivity index (χ4v) is 2.67. The number of hydrogen-bond acceptors (Lipinski definition) is 3. The van der Waals surface area contributed by atoms with E-state index in [4.69, 9.17) is 11.5 Å². The summed E-state index contributed by atoms with van der Waals surface area (Å²) in [5, 5.41) is 0. The Kier molecular flexibility index (Phi) is 4.02. The minimum absolute atomic E-state index is 0.0572. The molecule has 4 N–H and O–H groups in total. The number of alkyl halides is 3. The first-order valence-corrected chi connectivity index (χ1v) is 6.73. The second-order valence-electron chi connectivity index (χ2n) is 5.45. The summed E-state index contributed by atoms with van der Waals surface area (Å²) in [6.45, 7) is 2.33. The maximum absolute atomic E-state index is 12.7. The van der Waals surface area contributed by atoms with Gasteiger partial charge in [0.2, 0.25) is 5.91 Å². The van der Waals surface area contributed by atoms with Crippen molar-refractivity contribution in [1.82, 2.24) is 0 Å². The summed E-state index contributed by atoms with van der Waals surface area (Å²) in [6, 6.07) is 3.39. The number of hydrogen-bond donors (Lipinski definition) is 2. The van der Waals surface area contributed by atoms with E-state index < -0.39 is 17.6 Å². The number of piperidine rings is 1.